The number of methoxy groups -OCH3 is 2. The van der Waals surface area contributed by atoms with E-state index < -0.39 is 69.4 Å². The van der Waals surface area contributed by atoms with Crippen molar-refractivity contribution in [3.05, 3.63) is 144 Å². The maximum absolute atomic E-state index is 14.2. The fourth-order valence-electron chi connectivity index (χ4n) is 8.53. The van der Waals surface area contributed by atoms with Crippen LogP contribution in [-0.2, 0) is 40.9 Å². The maximum Gasteiger partial charge on any atom is 0.407 e. The van der Waals surface area contributed by atoms with Gasteiger partial charge in [-0.2, -0.15) is 0 Å². The topological polar surface area (TPSA) is 229 Å². The number of ether oxygens (including phenoxy) is 2. The number of hydrogen-bond acceptors (Lipinski definition) is 10. The SMILES string of the molecule is COC(=O)N[C@H](C(=O)N1CC(S(=O)O)C[C@H]1c1ncc(-c2ccc(-c3ccc(-c4cnc([C@@H]5C[C@H](S(C)=O)CN5C(=O)[C@@H](NC(=O)OC)c5ccccc5)[nH]4)cc3)cc2)[nH]1)c1ccccc1. The Morgan fingerprint density at radius 1 is 0.621 bits per heavy atom. The largest absolute Gasteiger partial charge is 0.453 e. The third kappa shape index (κ3) is 9.82. The second-order valence-corrected chi connectivity index (χ2v) is 18.9. The van der Waals surface area contributed by atoms with E-state index in [9.17, 15) is 32.1 Å². The first-order valence-electron chi connectivity index (χ1n) is 21.0. The zero-order chi connectivity index (χ0) is 46.5. The van der Waals surface area contributed by atoms with Gasteiger partial charge in [-0.25, -0.2) is 23.8 Å². The summed E-state index contributed by atoms with van der Waals surface area (Å²) in [6, 6.07) is 30.1. The number of rotatable bonds is 13. The smallest absolute Gasteiger partial charge is 0.407 e. The molecule has 342 valence electrons. The third-order valence-corrected chi connectivity index (χ3v) is 14.2. The van der Waals surface area contributed by atoms with Crippen LogP contribution in [0.5, 0.6) is 0 Å². The highest BCUT2D eigenvalue weighted by atomic mass is 32.2. The highest BCUT2D eigenvalue weighted by Crippen LogP contribution is 2.38. The minimum atomic E-state index is -2.21. The van der Waals surface area contributed by atoms with Crippen LogP contribution in [0.2, 0.25) is 0 Å². The summed E-state index contributed by atoms with van der Waals surface area (Å²) in [6.07, 6.45) is 4.07. The van der Waals surface area contributed by atoms with Gasteiger partial charge in [-0.3, -0.25) is 13.8 Å². The van der Waals surface area contributed by atoms with E-state index in [1.807, 2.05) is 54.6 Å². The van der Waals surface area contributed by atoms with E-state index in [4.69, 9.17) is 9.47 Å². The quantitative estimate of drug-likeness (QED) is 0.0818. The molecule has 0 aliphatic carbocycles. The lowest BCUT2D eigenvalue weighted by atomic mass is 10.0. The molecule has 3 unspecified atom stereocenters. The Bertz CT molecular complexity index is 2550. The minimum absolute atomic E-state index is 0.0141. The van der Waals surface area contributed by atoms with E-state index >= 15 is 0 Å². The number of likely N-dealkylation sites (tertiary alicyclic amines) is 2. The Hall–Kier alpha value is -6.96. The van der Waals surface area contributed by atoms with Gasteiger partial charge >= 0.3 is 12.2 Å². The Kier molecular flexibility index (Phi) is 13.9. The lowest BCUT2D eigenvalue weighted by Crippen LogP contribution is -2.43. The zero-order valence-corrected chi connectivity index (χ0v) is 37.8. The van der Waals surface area contributed by atoms with Crippen molar-refractivity contribution in [2.45, 2.75) is 47.5 Å². The summed E-state index contributed by atoms with van der Waals surface area (Å²) < 4.78 is 44.7. The fourth-order valence-corrected chi connectivity index (χ4v) is 9.99. The number of amides is 4. The van der Waals surface area contributed by atoms with Gasteiger partial charge in [-0.1, -0.05) is 109 Å². The van der Waals surface area contributed by atoms with Crippen LogP contribution in [0.3, 0.4) is 0 Å². The molecule has 6 aromatic rings. The lowest BCUT2D eigenvalue weighted by Gasteiger charge is -2.28. The summed E-state index contributed by atoms with van der Waals surface area (Å²) in [5.41, 5.74) is 6.14. The first-order valence-corrected chi connectivity index (χ1v) is 23.8. The third-order valence-electron chi connectivity index (χ3n) is 12.0. The van der Waals surface area contributed by atoms with Gasteiger partial charge in [0.25, 0.3) is 11.8 Å². The van der Waals surface area contributed by atoms with Gasteiger partial charge in [0, 0.05) is 30.1 Å². The molecule has 2 fully saturated rings. The van der Waals surface area contributed by atoms with Gasteiger partial charge in [0.15, 0.2) is 11.1 Å². The van der Waals surface area contributed by atoms with Crippen molar-refractivity contribution >= 4 is 45.9 Å². The number of H-pyrrole nitrogens is 2. The first-order chi connectivity index (χ1) is 31.9. The van der Waals surface area contributed by atoms with E-state index in [2.05, 4.69) is 30.6 Å². The summed E-state index contributed by atoms with van der Waals surface area (Å²) >= 11 is -2.21. The van der Waals surface area contributed by atoms with E-state index in [1.54, 1.807) is 78.1 Å². The molecule has 4 amide bonds. The van der Waals surface area contributed by atoms with E-state index in [1.165, 1.54) is 19.1 Å². The molecule has 4 heterocycles. The monoisotopic (exact) mass is 932 g/mol. The molecular formula is C47H48N8O9S2. The maximum atomic E-state index is 14.2. The van der Waals surface area contributed by atoms with E-state index in [0.29, 0.717) is 34.9 Å². The van der Waals surface area contributed by atoms with Gasteiger partial charge in [-0.05, 0) is 46.2 Å². The number of carbonyl (C=O) groups is 4. The molecule has 0 radical (unpaired) electrons. The molecule has 66 heavy (non-hydrogen) atoms. The number of hydrogen-bond donors (Lipinski definition) is 5. The van der Waals surface area contributed by atoms with Crippen LogP contribution in [-0.4, -0.2) is 111 Å². The molecule has 8 atom stereocenters. The number of alkyl carbamates (subject to hydrolysis) is 2. The molecule has 2 aromatic heterocycles. The van der Waals surface area contributed by atoms with Crippen molar-refractivity contribution in [2.75, 3.05) is 33.6 Å². The van der Waals surface area contributed by atoms with Crippen molar-refractivity contribution in [2.24, 2.45) is 0 Å². The predicted molar refractivity (Wildman–Crippen MR) is 247 cm³/mol. The second-order valence-electron chi connectivity index (χ2n) is 16.0. The first kappa shape index (κ1) is 45.6. The molecule has 0 saturated carbocycles. The highest BCUT2D eigenvalue weighted by Gasteiger charge is 2.44. The Labute approximate surface area is 385 Å². The van der Waals surface area contributed by atoms with E-state index in [-0.39, 0.29) is 30.7 Å². The van der Waals surface area contributed by atoms with Crippen molar-refractivity contribution in [3.8, 4) is 33.6 Å². The van der Waals surface area contributed by atoms with Crippen LogP contribution >= 0.6 is 0 Å². The van der Waals surface area contributed by atoms with Crippen LogP contribution in [0.1, 0.15) is 59.8 Å². The summed E-state index contributed by atoms with van der Waals surface area (Å²) in [7, 11) is 1.23. The fraction of sp³-hybridized carbons (Fsp3) is 0.277. The van der Waals surface area contributed by atoms with Gasteiger partial charge in [0.2, 0.25) is 0 Å². The van der Waals surface area contributed by atoms with E-state index in [0.717, 1.165) is 27.9 Å². The molecule has 2 aliphatic heterocycles. The zero-order valence-electron chi connectivity index (χ0n) is 36.2. The second kappa shape index (κ2) is 20.1. The summed E-state index contributed by atoms with van der Waals surface area (Å²) in [4.78, 5) is 72.1. The Balaban J connectivity index is 0.971. The van der Waals surface area contributed by atoms with Gasteiger partial charge < -0.3 is 44.4 Å². The van der Waals surface area contributed by atoms with Crippen LogP contribution in [0.4, 0.5) is 9.59 Å². The number of nitrogens with zero attached hydrogens (tertiary/aromatic N) is 4. The number of aromatic amines is 2. The number of nitrogens with one attached hydrogen (secondary N) is 4. The van der Waals surface area contributed by atoms with Gasteiger partial charge in [0.1, 0.15) is 23.7 Å². The van der Waals surface area contributed by atoms with Crippen molar-refractivity contribution in [1.29, 1.82) is 0 Å². The Morgan fingerprint density at radius 2 is 1.00 bits per heavy atom. The average molecular weight is 933 g/mol. The van der Waals surface area contributed by atoms with Crippen LogP contribution < -0.4 is 10.6 Å². The number of aromatic nitrogens is 4. The summed E-state index contributed by atoms with van der Waals surface area (Å²) in [5, 5.41) is 4.26. The normalized spacial score (nSPS) is 19.9. The molecule has 2 aliphatic rings. The number of carbonyl (C=O) groups excluding carboxylic acids is 4. The molecule has 4 aromatic carbocycles. The molecule has 8 rings (SSSR count). The number of benzene rings is 4. The molecule has 17 nitrogen and oxygen atoms in total. The lowest BCUT2D eigenvalue weighted by molar-refractivity contribution is -0.135. The molecule has 0 bridgehead atoms. The van der Waals surface area contributed by atoms with Gasteiger partial charge in [-0.15, -0.1) is 0 Å². The highest BCUT2D eigenvalue weighted by molar-refractivity contribution is 7.84. The molecule has 2 saturated heterocycles. The number of imidazole rings is 2. The predicted octanol–water partition coefficient (Wildman–Crippen LogP) is 6.21. The van der Waals surface area contributed by atoms with Crippen LogP contribution in [0.15, 0.2) is 122 Å². The summed E-state index contributed by atoms with van der Waals surface area (Å²) in [6.45, 7) is 0.214. The van der Waals surface area contributed by atoms with Gasteiger partial charge in [0.05, 0.1) is 60.6 Å². The average Bonchev–Trinajstić information content (AvgIpc) is 4.19. The van der Waals surface area contributed by atoms with Crippen molar-refractivity contribution < 1.29 is 41.6 Å². The molecule has 19 heteroatoms. The van der Waals surface area contributed by atoms with Crippen LogP contribution in [0.25, 0.3) is 33.6 Å². The van der Waals surface area contributed by atoms with Crippen LogP contribution in [0, 0.1) is 0 Å². The molecule has 0 spiro atoms. The standard InChI is InChI=1S/C47H48N8O9S2/c1-63-46(58)52-40(32-10-6-4-7-11-32)44(56)54-26-34(65(3)60)22-38(54)42-48-24-36(50-42)30-18-14-28(15-19-30)29-16-20-31(21-17-29)37-25-49-43(51-37)39-23-35(66(61)62)27-55(39)45(57)41(53-47(59)64-2)33-12-8-5-9-13-33/h4-21,24-25,34-35,38-41H,22-23,26-27H2,1-3H3,(H,48,50)(H,49,51)(H,52,58)(H,53,59)(H,61,62)/t34-,35?,38-,39-,40-,41-,65?/m0/s1. The molecular weight excluding hydrogens is 885 g/mol. The van der Waals surface area contributed by atoms with Crippen molar-refractivity contribution in [1.82, 2.24) is 40.4 Å². The summed E-state index contributed by atoms with van der Waals surface area (Å²) in [5.74, 6) is 0.153. The Morgan fingerprint density at radius 3 is 1.38 bits per heavy atom. The minimum Gasteiger partial charge on any atom is -0.453 e. The van der Waals surface area contributed by atoms with Crippen molar-refractivity contribution in [3.63, 3.8) is 0 Å². The molecule has 5 N–H and O–H groups in total.